The predicted octanol–water partition coefficient (Wildman–Crippen LogP) is 2.92. The topological polar surface area (TPSA) is 85.3 Å². The van der Waals surface area contributed by atoms with E-state index in [1.165, 1.54) is 19.3 Å². The molecule has 0 bridgehead atoms. The minimum atomic E-state index is -0.386. The van der Waals surface area contributed by atoms with Gasteiger partial charge in [0.2, 0.25) is 5.76 Å². The number of carbonyl (C=O) groups is 2. The largest absolute Gasteiger partial charge is 0.461 e. The highest BCUT2D eigenvalue weighted by atomic mass is 16.5. The van der Waals surface area contributed by atoms with Crippen molar-refractivity contribution in [2.45, 2.75) is 6.92 Å². The van der Waals surface area contributed by atoms with Crippen molar-refractivity contribution in [3.05, 3.63) is 65.5 Å². The first kappa shape index (κ1) is 16.3. The molecule has 2 aromatic heterocycles. The summed E-state index contributed by atoms with van der Waals surface area (Å²) in [4.78, 5) is 23.2. The van der Waals surface area contributed by atoms with Gasteiger partial charge < -0.3 is 14.3 Å². The van der Waals surface area contributed by atoms with E-state index in [1.807, 2.05) is 0 Å². The number of Topliss-reactive ketones (excluding diaryl/α,β-unsaturated/α-hetero) is 1. The van der Waals surface area contributed by atoms with Crippen LogP contribution in [0.25, 0.3) is 11.5 Å². The zero-order chi connectivity index (χ0) is 17.6. The molecule has 2 heterocycles. The number of furan rings is 1. The van der Waals surface area contributed by atoms with E-state index in [2.05, 4.69) is 22.3 Å². The summed E-state index contributed by atoms with van der Waals surface area (Å²) in [7, 11) is 0. The van der Waals surface area contributed by atoms with Gasteiger partial charge in [0.15, 0.2) is 17.2 Å². The number of aromatic nitrogens is 1. The maximum Gasteiger partial charge on any atom is 0.274 e. The van der Waals surface area contributed by atoms with Gasteiger partial charge in [-0.05, 0) is 31.2 Å². The third-order valence-corrected chi connectivity index (χ3v) is 3.37. The van der Waals surface area contributed by atoms with Crippen molar-refractivity contribution < 1.29 is 18.5 Å². The van der Waals surface area contributed by atoms with Gasteiger partial charge in [-0.2, -0.15) is 0 Å². The summed E-state index contributed by atoms with van der Waals surface area (Å²) in [6.45, 7) is 1.67. The molecule has 6 heteroatoms. The van der Waals surface area contributed by atoms with Crippen LogP contribution >= 0.6 is 0 Å². The Balaban J connectivity index is 1.55. The lowest BCUT2D eigenvalue weighted by molar-refractivity contribution is 0.0948. The van der Waals surface area contributed by atoms with Gasteiger partial charge in [0, 0.05) is 17.2 Å². The normalized spacial score (nSPS) is 9.96. The molecule has 0 unspecified atom stereocenters. The van der Waals surface area contributed by atoms with Gasteiger partial charge in [-0.3, -0.25) is 9.59 Å². The maximum atomic E-state index is 12.0. The molecule has 25 heavy (non-hydrogen) atoms. The number of nitrogens with one attached hydrogen (secondary N) is 1. The molecule has 0 aliphatic carbocycles. The molecule has 3 aromatic rings. The number of carbonyl (C=O) groups excluding carboxylic acids is 2. The van der Waals surface area contributed by atoms with Crippen molar-refractivity contribution in [2.75, 3.05) is 6.54 Å². The van der Waals surface area contributed by atoms with Gasteiger partial charge in [-0.25, -0.2) is 0 Å². The molecule has 124 valence electrons. The lowest BCUT2D eigenvalue weighted by atomic mass is 10.1. The lowest BCUT2D eigenvalue weighted by Gasteiger charge is -1.96. The van der Waals surface area contributed by atoms with Crippen molar-refractivity contribution in [3.63, 3.8) is 0 Å². The van der Waals surface area contributed by atoms with Crippen LogP contribution in [0.1, 0.15) is 33.3 Å². The van der Waals surface area contributed by atoms with Crippen LogP contribution in [0.4, 0.5) is 0 Å². The van der Waals surface area contributed by atoms with Crippen molar-refractivity contribution in [1.82, 2.24) is 10.5 Å². The van der Waals surface area contributed by atoms with E-state index in [-0.39, 0.29) is 23.9 Å². The van der Waals surface area contributed by atoms with E-state index in [4.69, 9.17) is 8.94 Å². The number of hydrogen-bond acceptors (Lipinski definition) is 5. The van der Waals surface area contributed by atoms with Crippen LogP contribution in [0, 0.1) is 11.8 Å². The van der Waals surface area contributed by atoms with E-state index in [1.54, 1.807) is 36.4 Å². The maximum absolute atomic E-state index is 12.0. The van der Waals surface area contributed by atoms with E-state index >= 15 is 0 Å². The van der Waals surface area contributed by atoms with Gasteiger partial charge in [0.25, 0.3) is 5.91 Å². The Hall–Kier alpha value is -3.59. The van der Waals surface area contributed by atoms with E-state index in [0.717, 1.165) is 5.56 Å². The van der Waals surface area contributed by atoms with E-state index in [0.29, 0.717) is 17.1 Å². The number of amides is 1. The van der Waals surface area contributed by atoms with Crippen molar-refractivity contribution in [1.29, 1.82) is 0 Å². The molecule has 0 saturated heterocycles. The summed E-state index contributed by atoms with van der Waals surface area (Å²) in [6, 6.07) is 11.9. The molecular formula is C19H14N2O4. The fourth-order valence-corrected chi connectivity index (χ4v) is 2.07. The molecule has 0 saturated carbocycles. The van der Waals surface area contributed by atoms with Crippen molar-refractivity contribution in [2.24, 2.45) is 0 Å². The Labute approximate surface area is 143 Å². The van der Waals surface area contributed by atoms with Crippen LogP contribution in [0.2, 0.25) is 0 Å². The number of hydrogen-bond donors (Lipinski definition) is 1. The smallest absolute Gasteiger partial charge is 0.274 e. The highest BCUT2D eigenvalue weighted by Gasteiger charge is 2.14. The second kappa shape index (κ2) is 7.32. The van der Waals surface area contributed by atoms with E-state index < -0.39 is 0 Å². The second-order valence-corrected chi connectivity index (χ2v) is 5.17. The van der Waals surface area contributed by atoms with Crippen molar-refractivity contribution >= 4 is 11.7 Å². The summed E-state index contributed by atoms with van der Waals surface area (Å²) in [5, 5.41) is 6.35. The quantitative estimate of drug-likeness (QED) is 0.586. The number of nitrogens with zero attached hydrogens (tertiary/aromatic N) is 1. The summed E-state index contributed by atoms with van der Waals surface area (Å²) < 4.78 is 10.2. The van der Waals surface area contributed by atoms with Gasteiger partial charge in [-0.15, -0.1) is 0 Å². The van der Waals surface area contributed by atoms with E-state index in [9.17, 15) is 9.59 Å². The van der Waals surface area contributed by atoms with Gasteiger partial charge in [-0.1, -0.05) is 29.1 Å². The summed E-state index contributed by atoms with van der Waals surface area (Å²) in [5.74, 6) is 6.25. The Morgan fingerprint density at radius 2 is 1.96 bits per heavy atom. The monoisotopic (exact) mass is 334 g/mol. The van der Waals surface area contributed by atoms with Gasteiger partial charge >= 0.3 is 0 Å². The number of ketones is 1. The van der Waals surface area contributed by atoms with Gasteiger partial charge in [0.05, 0.1) is 12.8 Å². The third-order valence-electron chi connectivity index (χ3n) is 3.37. The SMILES string of the molecule is CC(=O)c1ccc(C#CCNC(=O)c2cc(-c3ccco3)on2)cc1. The summed E-state index contributed by atoms with van der Waals surface area (Å²) >= 11 is 0. The first-order valence-corrected chi connectivity index (χ1v) is 7.52. The minimum absolute atomic E-state index is 0.00769. The summed E-state index contributed by atoms with van der Waals surface area (Å²) in [5.41, 5.74) is 1.55. The van der Waals surface area contributed by atoms with Crippen LogP contribution in [0.5, 0.6) is 0 Å². The molecule has 0 aliphatic rings. The average molecular weight is 334 g/mol. The predicted molar refractivity (Wildman–Crippen MR) is 89.9 cm³/mol. The molecule has 1 amide bonds. The number of benzene rings is 1. The van der Waals surface area contributed by atoms with Crippen molar-refractivity contribution in [3.8, 4) is 23.4 Å². The van der Waals surface area contributed by atoms with Crippen LogP contribution in [0.3, 0.4) is 0 Å². The zero-order valence-electron chi connectivity index (χ0n) is 13.4. The molecule has 0 radical (unpaired) electrons. The molecule has 3 rings (SSSR count). The first-order valence-electron chi connectivity index (χ1n) is 7.52. The molecule has 0 spiro atoms. The Morgan fingerprint density at radius 1 is 1.16 bits per heavy atom. The summed E-state index contributed by atoms with van der Waals surface area (Å²) in [6.07, 6.45) is 1.51. The minimum Gasteiger partial charge on any atom is -0.461 e. The Kier molecular flexibility index (Phi) is 4.77. The molecule has 0 aliphatic heterocycles. The molecule has 1 aromatic carbocycles. The fourth-order valence-electron chi connectivity index (χ4n) is 2.07. The highest BCUT2D eigenvalue weighted by molar-refractivity contribution is 5.94. The number of rotatable bonds is 4. The molecule has 1 N–H and O–H groups in total. The second-order valence-electron chi connectivity index (χ2n) is 5.17. The Morgan fingerprint density at radius 3 is 2.64 bits per heavy atom. The standard InChI is InChI=1S/C19H14N2O4/c1-13(22)15-8-6-14(7-9-15)4-2-10-20-19(23)16-12-18(25-21-16)17-5-3-11-24-17/h3,5-9,11-12H,10H2,1H3,(H,20,23). The molecular weight excluding hydrogens is 320 g/mol. The van der Waals surface area contributed by atoms with Crippen LogP contribution < -0.4 is 5.32 Å². The molecule has 6 nitrogen and oxygen atoms in total. The van der Waals surface area contributed by atoms with Gasteiger partial charge in [0.1, 0.15) is 0 Å². The first-order chi connectivity index (χ1) is 12.1. The van der Waals surface area contributed by atoms with Crippen LogP contribution in [-0.2, 0) is 0 Å². The van der Waals surface area contributed by atoms with Crippen LogP contribution in [-0.4, -0.2) is 23.4 Å². The lowest BCUT2D eigenvalue weighted by Crippen LogP contribution is -2.23. The molecule has 0 atom stereocenters. The third kappa shape index (κ3) is 4.03. The zero-order valence-corrected chi connectivity index (χ0v) is 13.4. The fraction of sp³-hybridized carbons (Fsp3) is 0.105. The van der Waals surface area contributed by atoms with Crippen LogP contribution in [0.15, 0.2) is 57.7 Å². The molecule has 0 fully saturated rings. The highest BCUT2D eigenvalue weighted by Crippen LogP contribution is 2.20. The Bertz CT molecular complexity index is 941. The average Bonchev–Trinajstić information content (AvgIpc) is 3.29.